The van der Waals surface area contributed by atoms with E-state index in [9.17, 15) is 4.79 Å². The molecule has 2 rings (SSSR count). The maximum absolute atomic E-state index is 10.8. The van der Waals surface area contributed by atoms with Gasteiger partial charge in [0.25, 0.3) is 5.35 Å². The summed E-state index contributed by atoms with van der Waals surface area (Å²) >= 11 is 5.52. The summed E-state index contributed by atoms with van der Waals surface area (Å²) in [6.07, 6.45) is 0. The van der Waals surface area contributed by atoms with E-state index in [1.807, 2.05) is 6.07 Å². The van der Waals surface area contributed by atoms with Crippen LogP contribution in [0.4, 0.5) is 0 Å². The Morgan fingerprint density at radius 2 is 2.00 bits per heavy atom. The lowest BCUT2D eigenvalue weighted by atomic mass is 10.1. The number of benzene rings is 1. The van der Waals surface area contributed by atoms with Crippen LogP contribution in [0.1, 0.15) is 10.5 Å². The number of nitrogens with zero attached hydrogens (tertiary/aromatic N) is 1. The molecule has 0 atom stereocenters. The van der Waals surface area contributed by atoms with E-state index in [1.165, 1.54) is 0 Å². The minimum absolute atomic E-state index is 0.174. The number of hydrogen-bond acceptors (Lipinski definition) is 3. The highest BCUT2D eigenvalue weighted by Gasteiger charge is 2.19. The van der Waals surface area contributed by atoms with E-state index in [0.29, 0.717) is 5.56 Å². The molecule has 0 saturated heterocycles. The molecule has 0 spiro atoms. The number of rotatable bonds is 2. The Morgan fingerprint density at radius 1 is 1.33 bits per heavy atom. The van der Waals surface area contributed by atoms with Gasteiger partial charge >= 0.3 is 5.97 Å². The van der Waals surface area contributed by atoms with E-state index in [4.69, 9.17) is 21.1 Å². The van der Waals surface area contributed by atoms with Gasteiger partial charge in [-0.1, -0.05) is 30.3 Å². The molecule has 1 N–H and O–H groups in total. The van der Waals surface area contributed by atoms with Gasteiger partial charge in [0.1, 0.15) is 0 Å². The van der Waals surface area contributed by atoms with E-state index < -0.39 is 5.97 Å². The van der Waals surface area contributed by atoms with Crippen molar-refractivity contribution in [3.63, 3.8) is 0 Å². The van der Waals surface area contributed by atoms with Crippen molar-refractivity contribution in [3.8, 4) is 11.3 Å². The van der Waals surface area contributed by atoms with E-state index in [1.54, 1.807) is 24.3 Å². The van der Waals surface area contributed by atoms with E-state index in [-0.39, 0.29) is 16.8 Å². The quantitative estimate of drug-likeness (QED) is 0.850. The van der Waals surface area contributed by atoms with Gasteiger partial charge in [0, 0.05) is 5.56 Å². The van der Waals surface area contributed by atoms with Crippen LogP contribution in [0.25, 0.3) is 11.3 Å². The van der Waals surface area contributed by atoms with Crippen molar-refractivity contribution in [1.82, 2.24) is 4.98 Å². The predicted molar refractivity (Wildman–Crippen MR) is 53.9 cm³/mol. The average Bonchev–Trinajstić information content (AvgIpc) is 2.62. The highest BCUT2D eigenvalue weighted by Crippen LogP contribution is 2.26. The van der Waals surface area contributed by atoms with E-state index in [2.05, 4.69) is 4.98 Å². The lowest BCUT2D eigenvalue weighted by Crippen LogP contribution is -1.98. The summed E-state index contributed by atoms with van der Waals surface area (Å²) in [5, 5.41) is 8.68. The van der Waals surface area contributed by atoms with Gasteiger partial charge in [-0.25, -0.2) is 4.79 Å². The molecule has 0 aliphatic rings. The van der Waals surface area contributed by atoms with Crippen LogP contribution < -0.4 is 0 Å². The van der Waals surface area contributed by atoms with Crippen LogP contribution in [0.2, 0.25) is 5.35 Å². The maximum atomic E-state index is 10.8. The van der Waals surface area contributed by atoms with Gasteiger partial charge in [-0.3, -0.25) is 0 Å². The molecule has 0 bridgehead atoms. The summed E-state index contributed by atoms with van der Waals surface area (Å²) < 4.78 is 5.04. The molecule has 0 unspecified atom stereocenters. The molecule has 1 heterocycles. The van der Waals surface area contributed by atoms with Crippen LogP contribution in [-0.2, 0) is 0 Å². The van der Waals surface area contributed by atoms with Gasteiger partial charge in [-0.05, 0) is 11.6 Å². The Hall–Kier alpha value is -1.81. The minimum Gasteiger partial charge on any atom is -0.476 e. The molecule has 0 radical (unpaired) electrons. The molecular formula is C10H6ClNO3. The second kappa shape index (κ2) is 3.74. The molecule has 4 nitrogen and oxygen atoms in total. The summed E-state index contributed by atoms with van der Waals surface area (Å²) in [6, 6.07) is 8.82. The first-order valence-corrected chi connectivity index (χ1v) is 4.51. The first-order valence-electron chi connectivity index (χ1n) is 4.13. The highest BCUT2D eigenvalue weighted by atomic mass is 35.5. The second-order valence-corrected chi connectivity index (χ2v) is 3.14. The van der Waals surface area contributed by atoms with Crippen LogP contribution >= 0.6 is 11.6 Å². The Balaban J connectivity index is 2.58. The zero-order valence-corrected chi connectivity index (χ0v) is 8.23. The second-order valence-electron chi connectivity index (χ2n) is 2.82. The van der Waals surface area contributed by atoms with Gasteiger partial charge in [-0.2, -0.15) is 4.98 Å². The fourth-order valence-electron chi connectivity index (χ4n) is 1.22. The smallest absolute Gasteiger partial charge is 0.358 e. The van der Waals surface area contributed by atoms with E-state index in [0.717, 1.165) is 0 Å². The molecule has 15 heavy (non-hydrogen) atoms. The van der Waals surface area contributed by atoms with Crippen molar-refractivity contribution >= 4 is 17.6 Å². The van der Waals surface area contributed by atoms with Crippen molar-refractivity contribution in [2.24, 2.45) is 0 Å². The fourth-order valence-corrected chi connectivity index (χ4v) is 1.39. The molecule has 0 amide bonds. The number of carboxylic acid groups (broad SMARTS) is 1. The average molecular weight is 224 g/mol. The monoisotopic (exact) mass is 223 g/mol. The summed E-state index contributed by atoms with van der Waals surface area (Å²) in [7, 11) is 0. The lowest BCUT2D eigenvalue weighted by molar-refractivity contribution is 0.0691. The van der Waals surface area contributed by atoms with Gasteiger partial charge in [0.2, 0.25) is 0 Å². The van der Waals surface area contributed by atoms with Crippen molar-refractivity contribution in [3.05, 3.63) is 41.4 Å². The molecule has 1 aromatic heterocycles. The molecule has 1 aromatic carbocycles. The van der Waals surface area contributed by atoms with Gasteiger partial charge < -0.3 is 9.52 Å². The third kappa shape index (κ3) is 1.85. The third-order valence-electron chi connectivity index (χ3n) is 1.84. The topological polar surface area (TPSA) is 63.3 Å². The van der Waals surface area contributed by atoms with Crippen molar-refractivity contribution < 1.29 is 14.3 Å². The third-order valence-corrected chi connectivity index (χ3v) is 2.00. The Kier molecular flexibility index (Phi) is 2.43. The van der Waals surface area contributed by atoms with Gasteiger partial charge in [0.15, 0.2) is 11.5 Å². The first kappa shape index (κ1) is 9.73. The standard InChI is InChI=1S/C10H6ClNO3/c11-10-12-7(9(13)14)8(15-10)6-4-2-1-3-5-6/h1-5H,(H,13,14). The Labute approximate surface area is 90.1 Å². The maximum Gasteiger partial charge on any atom is 0.358 e. The SMILES string of the molecule is O=C(O)c1nc(Cl)oc1-c1ccccc1. The van der Waals surface area contributed by atoms with Crippen LogP contribution in [0.5, 0.6) is 0 Å². The van der Waals surface area contributed by atoms with E-state index >= 15 is 0 Å². The number of carboxylic acids is 1. The summed E-state index contributed by atoms with van der Waals surface area (Å²) in [5.74, 6) is -0.988. The number of carbonyl (C=O) groups is 1. The van der Waals surface area contributed by atoms with Crippen LogP contribution in [-0.4, -0.2) is 16.1 Å². The lowest BCUT2D eigenvalue weighted by Gasteiger charge is -1.95. The number of aromatic carboxylic acids is 1. The Morgan fingerprint density at radius 3 is 2.60 bits per heavy atom. The normalized spacial score (nSPS) is 10.2. The number of aromatic nitrogens is 1. The number of halogens is 1. The molecule has 76 valence electrons. The van der Waals surface area contributed by atoms with Crippen LogP contribution in [0, 0.1) is 0 Å². The summed E-state index contributed by atoms with van der Waals surface area (Å²) in [5.41, 5.74) is 0.459. The van der Waals surface area contributed by atoms with Crippen LogP contribution in [0.15, 0.2) is 34.7 Å². The van der Waals surface area contributed by atoms with Crippen molar-refractivity contribution in [2.45, 2.75) is 0 Å². The molecular weight excluding hydrogens is 218 g/mol. The molecule has 0 aliphatic heterocycles. The molecule has 0 saturated carbocycles. The zero-order chi connectivity index (χ0) is 10.8. The van der Waals surface area contributed by atoms with Gasteiger partial charge in [0.05, 0.1) is 0 Å². The first-order chi connectivity index (χ1) is 7.18. The fraction of sp³-hybridized carbons (Fsp3) is 0. The zero-order valence-electron chi connectivity index (χ0n) is 7.48. The number of oxazole rings is 1. The largest absolute Gasteiger partial charge is 0.476 e. The van der Waals surface area contributed by atoms with Crippen molar-refractivity contribution in [2.75, 3.05) is 0 Å². The Bertz CT molecular complexity index is 493. The highest BCUT2D eigenvalue weighted by molar-refractivity contribution is 6.28. The molecule has 5 heteroatoms. The van der Waals surface area contributed by atoms with Crippen molar-refractivity contribution in [1.29, 1.82) is 0 Å². The molecule has 0 aliphatic carbocycles. The predicted octanol–water partition coefficient (Wildman–Crippen LogP) is 2.69. The van der Waals surface area contributed by atoms with Crippen LogP contribution in [0.3, 0.4) is 0 Å². The summed E-state index contributed by atoms with van der Waals surface area (Å²) in [4.78, 5) is 14.4. The summed E-state index contributed by atoms with van der Waals surface area (Å²) in [6.45, 7) is 0. The minimum atomic E-state index is -1.16. The number of hydrogen-bond donors (Lipinski definition) is 1. The molecule has 2 aromatic rings. The molecule has 0 fully saturated rings. The van der Waals surface area contributed by atoms with Gasteiger partial charge in [-0.15, -0.1) is 0 Å².